The van der Waals surface area contributed by atoms with Crippen molar-refractivity contribution < 1.29 is 49.4 Å². The molecule has 0 fully saturated rings. The lowest BCUT2D eigenvalue weighted by Crippen LogP contribution is -2.61. The molecule has 0 saturated carbocycles. The van der Waals surface area contributed by atoms with Crippen molar-refractivity contribution in [2.75, 3.05) is 19.8 Å². The first-order valence-electron chi connectivity index (χ1n) is 5.23. The van der Waals surface area contributed by atoms with Crippen molar-refractivity contribution >= 4 is 22.6 Å². The van der Waals surface area contributed by atoms with E-state index in [0.717, 1.165) is 0 Å². The predicted molar refractivity (Wildman–Crippen MR) is 61.2 cm³/mol. The Morgan fingerprint density at radius 1 is 0.905 bits per heavy atom. The van der Waals surface area contributed by atoms with E-state index in [1.54, 1.807) is 22.6 Å². The van der Waals surface area contributed by atoms with Crippen molar-refractivity contribution in [2.45, 2.75) is 34.3 Å². The van der Waals surface area contributed by atoms with Crippen LogP contribution < -0.4 is 0 Å². The zero-order chi connectivity index (χ0) is 17.1. The zero-order valence-corrected chi connectivity index (χ0v) is 12.2. The molecule has 0 aromatic rings. The van der Waals surface area contributed by atoms with Crippen LogP contribution in [0.3, 0.4) is 0 Å². The SMILES string of the molecule is OCC(I)COCCC(F)(F)C(F)(F)C(F)(F)C(F)(F)F. The van der Waals surface area contributed by atoms with Crippen LogP contribution >= 0.6 is 22.6 Å². The summed E-state index contributed by atoms with van der Waals surface area (Å²) >= 11 is 1.63. The number of rotatable bonds is 8. The van der Waals surface area contributed by atoms with Gasteiger partial charge in [0.2, 0.25) is 0 Å². The van der Waals surface area contributed by atoms with Crippen molar-refractivity contribution in [3.8, 4) is 0 Å². The molecule has 0 spiro atoms. The minimum Gasteiger partial charge on any atom is -0.395 e. The molecular weight excluding hydrogens is 438 g/mol. The Hall–Kier alpha value is 0.0200. The highest BCUT2D eigenvalue weighted by Crippen LogP contribution is 2.53. The average Bonchev–Trinajstić information content (AvgIpc) is 2.32. The van der Waals surface area contributed by atoms with Gasteiger partial charge in [-0.1, -0.05) is 22.6 Å². The monoisotopic (exact) mass is 448 g/mol. The Balaban J connectivity index is 4.81. The van der Waals surface area contributed by atoms with Crippen LogP contribution in [0.15, 0.2) is 0 Å². The number of hydrogen-bond acceptors (Lipinski definition) is 2. The van der Waals surface area contributed by atoms with Crippen molar-refractivity contribution in [3.05, 3.63) is 0 Å². The predicted octanol–water partition coefficient (Wildman–Crippen LogP) is 3.66. The third-order valence-corrected chi connectivity index (χ3v) is 3.02. The molecule has 0 bridgehead atoms. The van der Waals surface area contributed by atoms with Gasteiger partial charge in [-0.05, 0) is 0 Å². The van der Waals surface area contributed by atoms with Gasteiger partial charge in [0.1, 0.15) is 0 Å². The molecule has 0 rings (SSSR count). The Morgan fingerprint density at radius 3 is 1.76 bits per heavy atom. The van der Waals surface area contributed by atoms with Gasteiger partial charge >= 0.3 is 23.9 Å². The van der Waals surface area contributed by atoms with Gasteiger partial charge in [-0.3, -0.25) is 0 Å². The summed E-state index contributed by atoms with van der Waals surface area (Å²) in [7, 11) is 0. The van der Waals surface area contributed by atoms with Gasteiger partial charge < -0.3 is 9.84 Å². The van der Waals surface area contributed by atoms with Crippen LogP contribution in [-0.2, 0) is 4.74 Å². The van der Waals surface area contributed by atoms with E-state index < -0.39 is 47.5 Å². The molecule has 0 aliphatic rings. The Labute approximate surface area is 126 Å². The summed E-state index contributed by atoms with van der Waals surface area (Å²) in [5, 5.41) is 8.54. The molecule has 0 heterocycles. The fourth-order valence-electron chi connectivity index (χ4n) is 1.03. The molecule has 1 atom stereocenters. The van der Waals surface area contributed by atoms with E-state index in [4.69, 9.17) is 5.11 Å². The van der Waals surface area contributed by atoms with E-state index in [1.165, 1.54) is 0 Å². The lowest BCUT2D eigenvalue weighted by molar-refractivity contribution is -0.397. The van der Waals surface area contributed by atoms with Gasteiger partial charge in [0, 0.05) is 6.42 Å². The highest BCUT2D eigenvalue weighted by molar-refractivity contribution is 14.1. The lowest BCUT2D eigenvalue weighted by atomic mass is 10.0. The van der Waals surface area contributed by atoms with Crippen LogP contribution in [0.5, 0.6) is 0 Å². The summed E-state index contributed by atoms with van der Waals surface area (Å²) in [6, 6.07) is 0. The third kappa shape index (κ3) is 4.74. The fourth-order valence-corrected chi connectivity index (χ4v) is 1.28. The molecule has 0 amide bonds. The average molecular weight is 448 g/mol. The van der Waals surface area contributed by atoms with Gasteiger partial charge in [-0.15, -0.1) is 0 Å². The summed E-state index contributed by atoms with van der Waals surface area (Å²) in [5.74, 6) is -19.1. The topological polar surface area (TPSA) is 29.5 Å². The first-order valence-corrected chi connectivity index (χ1v) is 6.48. The van der Waals surface area contributed by atoms with Crippen LogP contribution in [0, 0.1) is 0 Å². The second kappa shape index (κ2) is 7.06. The normalized spacial score (nSPS) is 16.1. The summed E-state index contributed by atoms with van der Waals surface area (Å²) < 4.78 is 116. The molecule has 0 aliphatic carbocycles. The first kappa shape index (κ1) is 21.0. The van der Waals surface area contributed by atoms with Crippen molar-refractivity contribution in [2.24, 2.45) is 0 Å². The summed E-state index contributed by atoms with van der Waals surface area (Å²) in [6.07, 6.45) is -8.84. The van der Waals surface area contributed by atoms with Crippen molar-refractivity contribution in [3.63, 3.8) is 0 Å². The molecule has 12 heteroatoms. The number of halogens is 10. The second-order valence-electron chi connectivity index (χ2n) is 3.96. The number of hydrogen-bond donors (Lipinski definition) is 1. The maximum absolute atomic E-state index is 13.0. The minimum absolute atomic E-state index is 0.353. The number of alkyl halides is 10. The van der Waals surface area contributed by atoms with Crippen LogP contribution in [0.2, 0.25) is 0 Å². The molecule has 0 aliphatic heterocycles. The van der Waals surface area contributed by atoms with E-state index >= 15 is 0 Å². The van der Waals surface area contributed by atoms with E-state index in [2.05, 4.69) is 4.74 Å². The Bertz CT molecular complexity index is 332. The van der Waals surface area contributed by atoms with Gasteiger partial charge in [-0.25, -0.2) is 0 Å². The Kier molecular flexibility index (Phi) is 7.07. The quantitative estimate of drug-likeness (QED) is 0.266. The van der Waals surface area contributed by atoms with Crippen LogP contribution in [0.1, 0.15) is 6.42 Å². The molecule has 1 N–H and O–H groups in total. The molecule has 2 nitrogen and oxygen atoms in total. The maximum atomic E-state index is 13.0. The molecule has 0 aromatic heterocycles. The third-order valence-electron chi connectivity index (χ3n) is 2.27. The van der Waals surface area contributed by atoms with Gasteiger partial charge in [0.15, 0.2) is 0 Å². The van der Waals surface area contributed by atoms with Gasteiger partial charge in [0.25, 0.3) is 0 Å². The number of aliphatic hydroxyl groups is 1. The summed E-state index contributed by atoms with van der Waals surface area (Å²) in [4.78, 5) is 0. The zero-order valence-electron chi connectivity index (χ0n) is 10.0. The number of aliphatic hydroxyl groups excluding tert-OH is 1. The first-order chi connectivity index (χ1) is 9.20. The molecule has 0 saturated heterocycles. The maximum Gasteiger partial charge on any atom is 0.460 e. The fraction of sp³-hybridized carbons (Fsp3) is 1.00. The molecule has 1 unspecified atom stereocenters. The molecule has 128 valence electrons. The van der Waals surface area contributed by atoms with Crippen LogP contribution in [0.4, 0.5) is 39.5 Å². The van der Waals surface area contributed by atoms with E-state index in [-0.39, 0.29) is 6.61 Å². The highest BCUT2D eigenvalue weighted by Gasteiger charge is 2.81. The van der Waals surface area contributed by atoms with Crippen molar-refractivity contribution in [1.29, 1.82) is 0 Å². The van der Waals surface area contributed by atoms with Crippen LogP contribution in [-0.4, -0.2) is 52.8 Å². The van der Waals surface area contributed by atoms with Gasteiger partial charge in [0.05, 0.1) is 23.7 Å². The standard InChI is InChI=1S/C9H10F9IO2/c10-6(11,1-2-21-4-5(19)3-20)7(12,13)8(14,15)9(16,17)18/h5,20H,1-4H2. The second-order valence-corrected chi connectivity index (χ2v) is 5.72. The van der Waals surface area contributed by atoms with Gasteiger partial charge in [-0.2, -0.15) is 39.5 Å². The molecule has 21 heavy (non-hydrogen) atoms. The van der Waals surface area contributed by atoms with Crippen LogP contribution in [0.25, 0.3) is 0 Å². The summed E-state index contributed by atoms with van der Waals surface area (Å²) in [5.41, 5.74) is 0. The summed E-state index contributed by atoms with van der Waals surface area (Å²) in [6.45, 7) is -1.94. The number of ether oxygens (including phenoxy) is 1. The largest absolute Gasteiger partial charge is 0.460 e. The smallest absolute Gasteiger partial charge is 0.395 e. The lowest BCUT2D eigenvalue weighted by Gasteiger charge is -2.33. The minimum atomic E-state index is -6.87. The highest BCUT2D eigenvalue weighted by atomic mass is 127. The molecule has 0 radical (unpaired) electrons. The van der Waals surface area contributed by atoms with E-state index in [9.17, 15) is 39.5 Å². The van der Waals surface area contributed by atoms with E-state index in [0.29, 0.717) is 0 Å². The molecular formula is C9H10F9IO2. The Morgan fingerprint density at radius 2 is 1.38 bits per heavy atom. The molecule has 0 aromatic carbocycles. The van der Waals surface area contributed by atoms with E-state index in [1.807, 2.05) is 0 Å². The van der Waals surface area contributed by atoms with Crippen molar-refractivity contribution in [1.82, 2.24) is 0 Å².